The highest BCUT2D eigenvalue weighted by atomic mass is 16.5. The number of hydrogen-bond donors (Lipinski definition) is 0. The molecule has 39 heavy (non-hydrogen) atoms. The van der Waals surface area contributed by atoms with Crippen molar-refractivity contribution >= 4 is 11.9 Å². The number of carbonyl (C=O) groups is 2. The third-order valence-corrected chi connectivity index (χ3v) is 7.78. The second-order valence-corrected chi connectivity index (χ2v) is 12.9. The first-order valence-electron chi connectivity index (χ1n) is 17.1. The molecule has 0 aliphatic heterocycles. The Morgan fingerprint density at radius 2 is 0.795 bits per heavy atom. The molecule has 4 heteroatoms. The lowest BCUT2D eigenvalue weighted by Crippen LogP contribution is -2.15. The lowest BCUT2D eigenvalue weighted by atomic mass is 10.0. The summed E-state index contributed by atoms with van der Waals surface area (Å²) in [6, 6.07) is 0. The molecule has 0 fully saturated rings. The summed E-state index contributed by atoms with van der Waals surface area (Å²) in [6.45, 7) is 12.2. The average Bonchev–Trinajstić information content (AvgIpc) is 2.89. The third-order valence-electron chi connectivity index (χ3n) is 7.78. The third kappa shape index (κ3) is 29.7. The van der Waals surface area contributed by atoms with Gasteiger partial charge in [-0.3, -0.25) is 9.59 Å². The van der Waals surface area contributed by atoms with E-state index in [4.69, 9.17) is 9.47 Å². The van der Waals surface area contributed by atoms with Gasteiger partial charge >= 0.3 is 11.9 Å². The molecule has 0 aromatic heterocycles. The molecule has 0 saturated carbocycles. The number of rotatable bonds is 29. The van der Waals surface area contributed by atoms with Gasteiger partial charge in [0, 0.05) is 6.42 Å². The van der Waals surface area contributed by atoms with Crippen molar-refractivity contribution in [3.8, 4) is 0 Å². The van der Waals surface area contributed by atoms with E-state index in [0.717, 1.165) is 63.2 Å². The number of unbranched alkanes of at least 4 members (excludes halogenated alkanes) is 16. The molecule has 0 aliphatic rings. The van der Waals surface area contributed by atoms with Gasteiger partial charge in [-0.15, -0.1) is 0 Å². The minimum atomic E-state index is -0.00527. The molecule has 0 aliphatic carbocycles. The summed E-state index contributed by atoms with van der Waals surface area (Å²) in [5.74, 6) is 1.51. The van der Waals surface area contributed by atoms with Crippen LogP contribution in [0, 0.1) is 17.8 Å². The van der Waals surface area contributed by atoms with Gasteiger partial charge in [0.05, 0.1) is 19.1 Å². The second kappa shape index (κ2) is 28.5. The van der Waals surface area contributed by atoms with E-state index in [9.17, 15) is 9.59 Å². The summed E-state index contributed by atoms with van der Waals surface area (Å²) >= 11 is 0. The molecule has 4 nitrogen and oxygen atoms in total. The van der Waals surface area contributed by atoms with E-state index in [1.807, 2.05) is 6.92 Å². The van der Waals surface area contributed by atoms with E-state index < -0.39 is 0 Å². The van der Waals surface area contributed by atoms with Crippen LogP contribution in [-0.2, 0) is 19.1 Å². The maximum absolute atomic E-state index is 12.1. The summed E-state index contributed by atoms with van der Waals surface area (Å²) in [4.78, 5) is 23.8. The predicted octanol–water partition coefficient (Wildman–Crippen LogP) is 11.0. The normalized spacial score (nSPS) is 12.3. The maximum Gasteiger partial charge on any atom is 0.308 e. The molecule has 1 atom stereocenters. The Morgan fingerprint density at radius 1 is 0.436 bits per heavy atom. The highest BCUT2D eigenvalue weighted by Crippen LogP contribution is 2.16. The van der Waals surface area contributed by atoms with Gasteiger partial charge < -0.3 is 9.47 Å². The average molecular weight is 553 g/mol. The van der Waals surface area contributed by atoms with Crippen LogP contribution in [0.5, 0.6) is 0 Å². The Balaban J connectivity index is 3.28. The fourth-order valence-corrected chi connectivity index (χ4v) is 5.02. The van der Waals surface area contributed by atoms with Gasteiger partial charge in [-0.1, -0.05) is 137 Å². The lowest BCUT2D eigenvalue weighted by Gasteiger charge is -2.11. The van der Waals surface area contributed by atoms with Crippen molar-refractivity contribution in [2.75, 3.05) is 13.2 Å². The minimum Gasteiger partial charge on any atom is -0.466 e. The van der Waals surface area contributed by atoms with Gasteiger partial charge in [-0.2, -0.15) is 0 Å². The van der Waals surface area contributed by atoms with Crippen LogP contribution in [0.1, 0.15) is 182 Å². The van der Waals surface area contributed by atoms with E-state index in [-0.39, 0.29) is 17.9 Å². The van der Waals surface area contributed by atoms with Crippen molar-refractivity contribution in [1.82, 2.24) is 0 Å². The summed E-state index contributed by atoms with van der Waals surface area (Å²) in [5.41, 5.74) is 0. The first kappa shape index (κ1) is 37.9. The lowest BCUT2D eigenvalue weighted by molar-refractivity contribution is -0.148. The summed E-state index contributed by atoms with van der Waals surface area (Å²) in [6.07, 6.45) is 27.6. The fourth-order valence-electron chi connectivity index (χ4n) is 5.02. The molecule has 0 saturated heterocycles. The fraction of sp³-hybridized carbons (Fsp3) is 0.943. The van der Waals surface area contributed by atoms with Crippen LogP contribution in [0.2, 0.25) is 0 Å². The zero-order chi connectivity index (χ0) is 29.0. The Kier molecular flexibility index (Phi) is 27.7. The van der Waals surface area contributed by atoms with E-state index >= 15 is 0 Å². The van der Waals surface area contributed by atoms with Crippen molar-refractivity contribution in [1.29, 1.82) is 0 Å². The van der Waals surface area contributed by atoms with E-state index in [1.165, 1.54) is 89.9 Å². The van der Waals surface area contributed by atoms with Crippen LogP contribution in [0.4, 0.5) is 0 Å². The molecule has 0 radical (unpaired) electrons. The smallest absolute Gasteiger partial charge is 0.308 e. The largest absolute Gasteiger partial charge is 0.466 e. The first-order chi connectivity index (χ1) is 18.8. The summed E-state index contributed by atoms with van der Waals surface area (Å²) < 4.78 is 10.8. The molecule has 1 unspecified atom stereocenters. The van der Waals surface area contributed by atoms with Crippen molar-refractivity contribution in [3.63, 3.8) is 0 Å². The molecular weight excluding hydrogens is 484 g/mol. The first-order valence-corrected chi connectivity index (χ1v) is 17.1. The monoisotopic (exact) mass is 553 g/mol. The van der Waals surface area contributed by atoms with Crippen molar-refractivity contribution < 1.29 is 19.1 Å². The molecule has 0 aromatic rings. The Hall–Kier alpha value is -1.06. The SMILES string of the molecule is CC(C)CCCCOC(=O)CCCCCCCCCCCCCCCCCC(C)C(=O)OCCCCC(C)C. The minimum absolute atomic E-state index is 0.000266. The van der Waals surface area contributed by atoms with Crippen LogP contribution < -0.4 is 0 Å². The van der Waals surface area contributed by atoms with Crippen LogP contribution in [0.3, 0.4) is 0 Å². The van der Waals surface area contributed by atoms with Gasteiger partial charge in [-0.25, -0.2) is 0 Å². The highest BCUT2D eigenvalue weighted by Gasteiger charge is 2.13. The quantitative estimate of drug-likeness (QED) is 0.0684. The van der Waals surface area contributed by atoms with E-state index in [2.05, 4.69) is 27.7 Å². The van der Waals surface area contributed by atoms with Gasteiger partial charge in [0.25, 0.3) is 0 Å². The van der Waals surface area contributed by atoms with Gasteiger partial charge in [0.15, 0.2) is 0 Å². The van der Waals surface area contributed by atoms with E-state index in [1.54, 1.807) is 0 Å². The molecule has 0 spiro atoms. The molecule has 0 heterocycles. The van der Waals surface area contributed by atoms with Crippen LogP contribution >= 0.6 is 0 Å². The molecular formula is C35H68O4. The number of ether oxygens (including phenoxy) is 2. The maximum atomic E-state index is 12.1. The van der Waals surface area contributed by atoms with Crippen molar-refractivity contribution in [2.24, 2.45) is 17.8 Å². The zero-order valence-electron chi connectivity index (χ0n) is 27.0. The molecule has 0 bridgehead atoms. The van der Waals surface area contributed by atoms with E-state index in [0.29, 0.717) is 19.6 Å². The Bertz CT molecular complexity index is 543. The van der Waals surface area contributed by atoms with Gasteiger partial charge in [-0.05, 0) is 50.4 Å². The topological polar surface area (TPSA) is 52.6 Å². The van der Waals surface area contributed by atoms with Gasteiger partial charge in [0.1, 0.15) is 0 Å². The van der Waals surface area contributed by atoms with Crippen molar-refractivity contribution in [3.05, 3.63) is 0 Å². The number of carbonyl (C=O) groups excluding carboxylic acids is 2. The second-order valence-electron chi connectivity index (χ2n) is 12.9. The molecule has 0 N–H and O–H groups in total. The van der Waals surface area contributed by atoms with Crippen LogP contribution in [0.15, 0.2) is 0 Å². The Morgan fingerprint density at radius 3 is 1.23 bits per heavy atom. The Labute approximate surface area is 244 Å². The predicted molar refractivity (Wildman–Crippen MR) is 167 cm³/mol. The number of esters is 2. The van der Waals surface area contributed by atoms with Crippen LogP contribution in [-0.4, -0.2) is 25.2 Å². The van der Waals surface area contributed by atoms with Crippen LogP contribution in [0.25, 0.3) is 0 Å². The number of hydrogen-bond acceptors (Lipinski definition) is 4. The van der Waals surface area contributed by atoms with Gasteiger partial charge in [0.2, 0.25) is 0 Å². The molecule has 0 aromatic carbocycles. The molecule has 0 rings (SSSR count). The standard InChI is InChI=1S/C35H68O4/c1-31(2)25-21-23-29-38-34(36)28-20-18-16-14-12-10-8-6-7-9-11-13-15-17-19-27-33(5)35(37)39-30-24-22-26-32(3)4/h31-33H,6-30H2,1-5H3. The zero-order valence-corrected chi connectivity index (χ0v) is 27.0. The molecule has 232 valence electrons. The summed E-state index contributed by atoms with van der Waals surface area (Å²) in [5, 5.41) is 0. The molecule has 0 amide bonds. The summed E-state index contributed by atoms with van der Waals surface area (Å²) in [7, 11) is 0. The van der Waals surface area contributed by atoms with Crippen molar-refractivity contribution in [2.45, 2.75) is 182 Å². The highest BCUT2D eigenvalue weighted by molar-refractivity contribution is 5.71.